The van der Waals surface area contributed by atoms with E-state index in [1.165, 1.54) is 6.07 Å². The van der Waals surface area contributed by atoms with Gasteiger partial charge in [0.1, 0.15) is 11.6 Å². The minimum Gasteiger partial charge on any atom is -0.298 e. The molecule has 1 aliphatic heterocycles. The summed E-state index contributed by atoms with van der Waals surface area (Å²) in [4.78, 5) is 6.03. The molecule has 1 aliphatic carbocycles. The number of nitrogens with zero attached hydrogens (tertiary/aromatic N) is 2. The van der Waals surface area contributed by atoms with Gasteiger partial charge in [0.15, 0.2) is 5.41 Å². The van der Waals surface area contributed by atoms with Gasteiger partial charge < -0.3 is 0 Å². The summed E-state index contributed by atoms with van der Waals surface area (Å²) >= 11 is 0. The van der Waals surface area contributed by atoms with E-state index in [0.29, 0.717) is 37.2 Å². The second kappa shape index (κ2) is 9.25. The van der Waals surface area contributed by atoms with Crippen LogP contribution in [0, 0.1) is 23.0 Å². The molecule has 208 valence electrons. The fraction of sp³-hybridized carbons (Fsp3) is 0.393. The average Bonchev–Trinajstić information content (AvgIpc) is 3.38. The van der Waals surface area contributed by atoms with Gasteiger partial charge >= 0.3 is 12.4 Å². The molecular weight excluding hydrogens is 535 g/mol. The lowest BCUT2D eigenvalue weighted by Gasteiger charge is -2.34. The number of hydrogen-bond acceptors (Lipinski definition) is 2. The van der Waals surface area contributed by atoms with Gasteiger partial charge in [-0.25, -0.2) is 13.8 Å². The lowest BCUT2D eigenvalue weighted by Crippen LogP contribution is -2.51. The molecule has 1 atom stereocenters. The summed E-state index contributed by atoms with van der Waals surface area (Å²) in [6, 6.07) is 8.19. The van der Waals surface area contributed by atoms with Crippen LogP contribution in [-0.4, -0.2) is 35.3 Å². The molecule has 1 fully saturated rings. The molecule has 0 saturated carbocycles. The van der Waals surface area contributed by atoms with E-state index >= 15 is 8.78 Å². The highest BCUT2D eigenvalue weighted by Gasteiger charge is 2.68. The standard InChI is InChI=1S/C28H23F9N2/c1-25(27(32,33)34,28(35,36)37)19-5-2-17(3-6-19)24-20(29)10-16(11-21(24)30)14-39-9-8-26(15-39)12-18-4-7-23(31)38-22(18)13-26/h2-7,10-11H,8-9,12-15H2,1H3. The van der Waals surface area contributed by atoms with E-state index in [4.69, 9.17) is 0 Å². The molecular formula is C28H23F9N2. The number of pyridine rings is 1. The molecule has 2 aromatic carbocycles. The summed E-state index contributed by atoms with van der Waals surface area (Å²) < 4.78 is 124. The van der Waals surface area contributed by atoms with Gasteiger partial charge in [0.05, 0.1) is 5.56 Å². The highest BCUT2D eigenvalue weighted by molar-refractivity contribution is 5.66. The zero-order valence-electron chi connectivity index (χ0n) is 20.7. The Hall–Kier alpha value is -3.08. The van der Waals surface area contributed by atoms with E-state index in [9.17, 15) is 30.7 Å². The number of hydrogen-bond donors (Lipinski definition) is 0. The Labute approximate surface area is 218 Å². The van der Waals surface area contributed by atoms with Crippen molar-refractivity contribution in [2.45, 2.75) is 50.5 Å². The first kappa shape index (κ1) is 27.5. The van der Waals surface area contributed by atoms with E-state index in [2.05, 4.69) is 4.98 Å². The third-order valence-corrected chi connectivity index (χ3v) is 8.05. The fourth-order valence-electron chi connectivity index (χ4n) is 5.80. The predicted octanol–water partition coefficient (Wildman–Crippen LogP) is 7.54. The molecule has 2 nitrogen and oxygen atoms in total. The first-order valence-electron chi connectivity index (χ1n) is 12.2. The van der Waals surface area contributed by atoms with Crippen molar-refractivity contribution < 1.29 is 39.5 Å². The third-order valence-electron chi connectivity index (χ3n) is 8.05. The molecule has 0 bridgehead atoms. The zero-order chi connectivity index (χ0) is 28.4. The van der Waals surface area contributed by atoms with Crippen molar-refractivity contribution in [3.8, 4) is 11.1 Å². The smallest absolute Gasteiger partial charge is 0.298 e. The molecule has 1 spiro atoms. The van der Waals surface area contributed by atoms with Crippen LogP contribution in [0.15, 0.2) is 48.5 Å². The summed E-state index contributed by atoms with van der Waals surface area (Å²) in [5, 5.41) is 0. The SMILES string of the molecule is CC(c1ccc(-c2c(F)cc(CN3CCC4(Cc5ccc(F)nc5C4)C3)cc2F)cc1)(C(F)(F)F)C(F)(F)F. The Morgan fingerprint density at radius 1 is 0.846 bits per heavy atom. The second-order valence-corrected chi connectivity index (χ2v) is 10.7. The molecule has 0 N–H and O–H groups in total. The van der Waals surface area contributed by atoms with Gasteiger partial charge in [-0.1, -0.05) is 30.3 Å². The lowest BCUT2D eigenvalue weighted by atomic mass is 9.80. The van der Waals surface area contributed by atoms with Crippen LogP contribution in [0.3, 0.4) is 0 Å². The van der Waals surface area contributed by atoms with Gasteiger partial charge in [-0.2, -0.15) is 30.7 Å². The van der Waals surface area contributed by atoms with E-state index in [-0.39, 0.29) is 24.4 Å². The van der Waals surface area contributed by atoms with Crippen molar-refractivity contribution >= 4 is 0 Å². The van der Waals surface area contributed by atoms with Crippen molar-refractivity contribution in [3.05, 3.63) is 88.5 Å². The number of rotatable bonds is 4. The largest absolute Gasteiger partial charge is 0.406 e. The minimum atomic E-state index is -5.63. The van der Waals surface area contributed by atoms with Crippen LogP contribution >= 0.6 is 0 Å². The van der Waals surface area contributed by atoms with Crippen molar-refractivity contribution in [2.75, 3.05) is 13.1 Å². The van der Waals surface area contributed by atoms with Crippen molar-refractivity contribution in [1.29, 1.82) is 0 Å². The highest BCUT2D eigenvalue weighted by atomic mass is 19.4. The predicted molar refractivity (Wildman–Crippen MR) is 125 cm³/mol. The summed E-state index contributed by atoms with van der Waals surface area (Å²) in [6.45, 7) is 1.57. The average molecular weight is 558 g/mol. The maximum Gasteiger partial charge on any atom is 0.406 e. The Morgan fingerprint density at radius 3 is 2.05 bits per heavy atom. The second-order valence-electron chi connectivity index (χ2n) is 10.7. The quantitative estimate of drug-likeness (QED) is 0.243. The Balaban J connectivity index is 1.33. The monoisotopic (exact) mass is 558 g/mol. The van der Waals surface area contributed by atoms with Gasteiger partial charge in [0.25, 0.3) is 0 Å². The minimum absolute atomic E-state index is 0.0273. The van der Waals surface area contributed by atoms with Crippen molar-refractivity contribution in [3.63, 3.8) is 0 Å². The van der Waals surface area contributed by atoms with E-state index in [1.54, 1.807) is 6.07 Å². The third kappa shape index (κ3) is 4.79. The molecule has 2 heterocycles. The molecule has 39 heavy (non-hydrogen) atoms. The Kier molecular flexibility index (Phi) is 6.52. The Morgan fingerprint density at radius 2 is 1.46 bits per heavy atom. The highest BCUT2D eigenvalue weighted by Crippen LogP contribution is 2.52. The van der Waals surface area contributed by atoms with Crippen LogP contribution in [0.25, 0.3) is 11.1 Å². The summed E-state index contributed by atoms with van der Waals surface area (Å²) in [5.41, 5.74) is -4.01. The van der Waals surface area contributed by atoms with Gasteiger partial charge in [-0.15, -0.1) is 0 Å². The van der Waals surface area contributed by atoms with Crippen LogP contribution in [0.4, 0.5) is 39.5 Å². The molecule has 2 aliphatic rings. The van der Waals surface area contributed by atoms with Crippen molar-refractivity contribution in [1.82, 2.24) is 9.88 Å². The van der Waals surface area contributed by atoms with E-state index in [0.717, 1.165) is 48.4 Å². The molecule has 1 aromatic heterocycles. The first-order chi connectivity index (χ1) is 18.1. The number of alkyl halides is 6. The van der Waals surface area contributed by atoms with Crippen LogP contribution in [0.5, 0.6) is 0 Å². The van der Waals surface area contributed by atoms with Gasteiger partial charge in [0, 0.05) is 18.8 Å². The number of aromatic nitrogens is 1. The number of likely N-dealkylation sites (tertiary alicyclic amines) is 1. The number of fused-ring (bicyclic) bond motifs is 1. The van der Waals surface area contributed by atoms with Gasteiger partial charge in [-0.05, 0) is 78.6 Å². The van der Waals surface area contributed by atoms with E-state index < -0.39 is 46.5 Å². The molecule has 3 aromatic rings. The summed E-state index contributed by atoms with van der Waals surface area (Å²) in [7, 11) is 0. The molecule has 5 rings (SSSR count). The van der Waals surface area contributed by atoms with Crippen LogP contribution < -0.4 is 0 Å². The van der Waals surface area contributed by atoms with Crippen LogP contribution in [-0.2, 0) is 24.8 Å². The molecule has 0 radical (unpaired) electrons. The lowest BCUT2D eigenvalue weighted by molar-refractivity contribution is -0.297. The normalized spacial score (nSPS) is 20.2. The summed E-state index contributed by atoms with van der Waals surface area (Å²) in [6.07, 6.45) is -9.09. The summed E-state index contributed by atoms with van der Waals surface area (Å²) in [5.74, 6) is -2.49. The number of halogens is 9. The maximum atomic E-state index is 15.0. The first-order valence-corrected chi connectivity index (χ1v) is 12.2. The van der Waals surface area contributed by atoms with Crippen LogP contribution in [0.2, 0.25) is 0 Å². The molecule has 1 unspecified atom stereocenters. The number of benzene rings is 2. The molecule has 0 amide bonds. The Bertz CT molecular complexity index is 1360. The van der Waals surface area contributed by atoms with Crippen molar-refractivity contribution in [2.24, 2.45) is 5.41 Å². The topological polar surface area (TPSA) is 16.1 Å². The van der Waals surface area contributed by atoms with Gasteiger partial charge in [-0.3, -0.25) is 4.90 Å². The fourth-order valence-corrected chi connectivity index (χ4v) is 5.80. The maximum absolute atomic E-state index is 15.0. The zero-order valence-corrected chi connectivity index (χ0v) is 20.7. The van der Waals surface area contributed by atoms with E-state index in [1.807, 2.05) is 4.90 Å². The van der Waals surface area contributed by atoms with Gasteiger partial charge in [0.2, 0.25) is 5.95 Å². The molecule has 11 heteroatoms. The van der Waals surface area contributed by atoms with Crippen LogP contribution in [0.1, 0.15) is 35.7 Å². The molecule has 1 saturated heterocycles.